The van der Waals surface area contributed by atoms with Crippen molar-refractivity contribution in [3.05, 3.63) is 0 Å². The van der Waals surface area contributed by atoms with E-state index in [1.807, 2.05) is 0 Å². The predicted molar refractivity (Wildman–Crippen MR) is 57.4 cm³/mol. The molecule has 0 bridgehead atoms. The third kappa shape index (κ3) is 5.68. The lowest BCUT2D eigenvalue weighted by Crippen LogP contribution is -2.54. The summed E-state index contributed by atoms with van der Waals surface area (Å²) in [4.78, 5) is 21.8. The summed E-state index contributed by atoms with van der Waals surface area (Å²) in [6, 6.07) is 0. The highest BCUT2D eigenvalue weighted by Gasteiger charge is 2.73. The zero-order chi connectivity index (χ0) is 17.6. The van der Waals surface area contributed by atoms with E-state index in [4.69, 9.17) is 0 Å². The number of carbonyl (C=O) groups is 2. The van der Waals surface area contributed by atoms with Crippen molar-refractivity contribution >= 4 is 11.9 Å². The van der Waals surface area contributed by atoms with E-state index in [1.54, 1.807) is 0 Å². The Labute approximate surface area is 120 Å². The van der Waals surface area contributed by atoms with Crippen LogP contribution in [0.15, 0.2) is 0 Å². The molecular formula is C11H13F7O4. The van der Waals surface area contributed by atoms with E-state index in [2.05, 4.69) is 9.47 Å². The molecule has 11 heteroatoms. The molecule has 130 valence electrons. The maximum Gasteiger partial charge on any atom is 0.460 e. The maximum absolute atomic E-state index is 12.8. The summed E-state index contributed by atoms with van der Waals surface area (Å²) in [6.45, 7) is -0.811. The van der Waals surface area contributed by atoms with Crippen LogP contribution in [0.1, 0.15) is 26.2 Å². The first kappa shape index (κ1) is 20.5. The Hall–Kier alpha value is -1.55. The van der Waals surface area contributed by atoms with Gasteiger partial charge in [0.1, 0.15) is 0 Å². The maximum atomic E-state index is 12.8. The van der Waals surface area contributed by atoms with Gasteiger partial charge in [0.2, 0.25) is 0 Å². The number of rotatable bonds is 8. The molecule has 0 aromatic rings. The molecule has 0 aliphatic carbocycles. The number of alkyl halides is 7. The highest BCUT2D eigenvalue weighted by Crippen LogP contribution is 2.46. The first-order valence-corrected chi connectivity index (χ1v) is 5.98. The summed E-state index contributed by atoms with van der Waals surface area (Å²) in [5.41, 5.74) is 0. The van der Waals surface area contributed by atoms with Gasteiger partial charge in [0.25, 0.3) is 0 Å². The van der Waals surface area contributed by atoms with E-state index in [0.717, 1.165) is 0 Å². The minimum absolute atomic E-state index is 0.0853. The molecular weight excluding hydrogens is 329 g/mol. The van der Waals surface area contributed by atoms with Gasteiger partial charge in [-0.3, -0.25) is 9.59 Å². The van der Waals surface area contributed by atoms with E-state index in [1.165, 1.54) is 6.92 Å². The molecule has 0 aromatic carbocycles. The summed E-state index contributed by atoms with van der Waals surface area (Å²) in [5.74, 6) is -14.0. The fourth-order valence-electron chi connectivity index (χ4n) is 1.15. The van der Waals surface area contributed by atoms with Gasteiger partial charge >= 0.3 is 30.0 Å². The molecule has 0 heterocycles. The monoisotopic (exact) mass is 342 g/mol. The van der Waals surface area contributed by atoms with Gasteiger partial charge in [-0.2, -0.15) is 30.7 Å². The summed E-state index contributed by atoms with van der Waals surface area (Å²) in [6.07, 6.45) is -7.52. The molecule has 0 aliphatic heterocycles. The first-order valence-electron chi connectivity index (χ1n) is 5.98. The van der Waals surface area contributed by atoms with Gasteiger partial charge < -0.3 is 9.47 Å². The van der Waals surface area contributed by atoms with Crippen LogP contribution in [0.25, 0.3) is 0 Å². The molecule has 0 amide bonds. The van der Waals surface area contributed by atoms with Gasteiger partial charge in [0.15, 0.2) is 6.61 Å². The lowest BCUT2D eigenvalue weighted by atomic mass is 10.2. The zero-order valence-corrected chi connectivity index (χ0v) is 11.3. The van der Waals surface area contributed by atoms with Crippen LogP contribution in [0.5, 0.6) is 0 Å². The zero-order valence-electron chi connectivity index (χ0n) is 11.3. The topological polar surface area (TPSA) is 52.6 Å². The lowest BCUT2D eigenvalue weighted by molar-refractivity contribution is -0.359. The molecule has 0 aliphatic rings. The van der Waals surface area contributed by atoms with Gasteiger partial charge in [-0.05, 0) is 13.3 Å². The fraction of sp³-hybridized carbons (Fsp3) is 0.818. The van der Waals surface area contributed by atoms with E-state index < -0.39 is 43.0 Å². The number of esters is 2. The number of hydrogen-bond acceptors (Lipinski definition) is 4. The molecule has 0 N–H and O–H groups in total. The summed E-state index contributed by atoms with van der Waals surface area (Å²) in [5, 5.41) is 0. The van der Waals surface area contributed by atoms with Crippen LogP contribution >= 0.6 is 0 Å². The quantitative estimate of drug-likeness (QED) is 0.502. The van der Waals surface area contributed by atoms with Gasteiger partial charge in [0, 0.05) is 12.8 Å². The van der Waals surface area contributed by atoms with Crippen LogP contribution in [-0.4, -0.2) is 43.2 Å². The lowest BCUT2D eigenvalue weighted by Gasteiger charge is -2.27. The number of halogens is 7. The van der Waals surface area contributed by atoms with Crippen molar-refractivity contribution in [2.75, 3.05) is 13.2 Å². The Kier molecular flexibility index (Phi) is 7.10. The molecule has 0 saturated heterocycles. The molecule has 0 rings (SSSR count). The van der Waals surface area contributed by atoms with Crippen molar-refractivity contribution < 1.29 is 49.8 Å². The summed E-state index contributed by atoms with van der Waals surface area (Å²) < 4.78 is 94.1. The SMILES string of the molecule is CCOC(=O)CCCC(=O)OCC(F)(F)C(F)(F)C(F)(F)F. The first-order chi connectivity index (χ1) is 9.85. The van der Waals surface area contributed by atoms with Crippen molar-refractivity contribution in [3.63, 3.8) is 0 Å². The normalized spacial score (nSPS) is 12.9. The van der Waals surface area contributed by atoms with Crippen molar-refractivity contribution in [1.82, 2.24) is 0 Å². The van der Waals surface area contributed by atoms with Gasteiger partial charge in [-0.1, -0.05) is 0 Å². The van der Waals surface area contributed by atoms with Crippen LogP contribution in [-0.2, 0) is 19.1 Å². The average Bonchev–Trinajstić information content (AvgIpc) is 2.35. The predicted octanol–water partition coefficient (Wildman–Crippen LogP) is 3.10. The minimum atomic E-state index is -6.48. The Bertz CT molecular complexity index is 392. The molecule has 0 spiro atoms. The summed E-state index contributed by atoms with van der Waals surface area (Å²) >= 11 is 0. The number of carbonyl (C=O) groups excluding carboxylic acids is 2. The molecule has 0 atom stereocenters. The Morgan fingerprint density at radius 3 is 1.73 bits per heavy atom. The van der Waals surface area contributed by atoms with E-state index >= 15 is 0 Å². The van der Waals surface area contributed by atoms with E-state index in [-0.39, 0.29) is 19.4 Å². The van der Waals surface area contributed by atoms with Gasteiger partial charge in [0.05, 0.1) is 6.61 Å². The molecule has 0 fully saturated rings. The molecule has 4 nitrogen and oxygen atoms in total. The van der Waals surface area contributed by atoms with Crippen molar-refractivity contribution in [3.8, 4) is 0 Å². The summed E-state index contributed by atoms with van der Waals surface area (Å²) in [7, 11) is 0. The third-order valence-electron chi connectivity index (χ3n) is 2.30. The van der Waals surface area contributed by atoms with E-state index in [9.17, 15) is 40.3 Å². The Morgan fingerprint density at radius 1 is 0.864 bits per heavy atom. The van der Waals surface area contributed by atoms with E-state index in [0.29, 0.717) is 0 Å². The Morgan fingerprint density at radius 2 is 1.32 bits per heavy atom. The fourth-order valence-corrected chi connectivity index (χ4v) is 1.15. The second kappa shape index (κ2) is 7.63. The largest absolute Gasteiger partial charge is 0.466 e. The highest BCUT2D eigenvalue weighted by molar-refractivity contribution is 5.72. The van der Waals surface area contributed by atoms with Crippen molar-refractivity contribution in [2.24, 2.45) is 0 Å². The smallest absolute Gasteiger partial charge is 0.460 e. The molecule has 0 radical (unpaired) electrons. The molecule has 22 heavy (non-hydrogen) atoms. The minimum Gasteiger partial charge on any atom is -0.466 e. The number of ether oxygens (including phenoxy) is 2. The van der Waals surface area contributed by atoms with Crippen molar-refractivity contribution in [2.45, 2.75) is 44.2 Å². The second-order valence-electron chi connectivity index (χ2n) is 4.10. The third-order valence-corrected chi connectivity index (χ3v) is 2.30. The highest BCUT2D eigenvalue weighted by atomic mass is 19.4. The molecule has 0 unspecified atom stereocenters. The van der Waals surface area contributed by atoms with Crippen LogP contribution in [0.3, 0.4) is 0 Å². The van der Waals surface area contributed by atoms with Crippen LogP contribution in [0, 0.1) is 0 Å². The second-order valence-corrected chi connectivity index (χ2v) is 4.10. The van der Waals surface area contributed by atoms with Crippen LogP contribution in [0.2, 0.25) is 0 Å². The molecule has 0 saturated carbocycles. The van der Waals surface area contributed by atoms with Crippen LogP contribution < -0.4 is 0 Å². The standard InChI is InChI=1S/C11H13F7O4/c1-2-21-7(19)4-3-5-8(20)22-6-9(12,13)10(14,15)11(16,17)18/h2-6H2,1H3. The van der Waals surface area contributed by atoms with Gasteiger partial charge in [-0.15, -0.1) is 0 Å². The van der Waals surface area contributed by atoms with Crippen molar-refractivity contribution in [1.29, 1.82) is 0 Å². The average molecular weight is 342 g/mol. The van der Waals surface area contributed by atoms with Crippen LogP contribution in [0.4, 0.5) is 30.7 Å². The molecule has 0 aromatic heterocycles. The number of hydrogen-bond donors (Lipinski definition) is 0. The Balaban J connectivity index is 4.32. The van der Waals surface area contributed by atoms with Gasteiger partial charge in [-0.25, -0.2) is 0 Å².